The number of allylic oxidation sites excluding steroid dienone is 20. The zero-order chi connectivity index (χ0) is 56.9. The van der Waals surface area contributed by atoms with Gasteiger partial charge in [0.25, 0.3) is 0 Å². The molecule has 0 fully saturated rings. The van der Waals surface area contributed by atoms with Crippen molar-refractivity contribution in [2.75, 3.05) is 26.4 Å². The predicted molar refractivity (Wildman–Crippen MR) is 325 cm³/mol. The minimum Gasteiger partial charge on any atom is -0.462 e. The Balaban J connectivity index is 4.84. The molecule has 0 rings (SSSR count). The highest BCUT2D eigenvalue weighted by molar-refractivity contribution is 7.47. The van der Waals surface area contributed by atoms with Crippen LogP contribution in [0.3, 0.4) is 0 Å². The molecule has 3 unspecified atom stereocenters. The maximum atomic E-state index is 12.9. The van der Waals surface area contributed by atoms with Gasteiger partial charge in [-0.3, -0.25) is 23.4 Å². The van der Waals surface area contributed by atoms with Crippen LogP contribution in [0, 0.1) is 0 Å². The van der Waals surface area contributed by atoms with Crippen LogP contribution in [0.5, 0.6) is 0 Å². The first-order chi connectivity index (χ1) is 38.2. The van der Waals surface area contributed by atoms with Gasteiger partial charge in [-0.25, -0.2) is 4.57 Å². The van der Waals surface area contributed by atoms with Crippen molar-refractivity contribution < 1.29 is 52.2 Å². The lowest BCUT2D eigenvalue weighted by atomic mass is 10.1. The molecule has 0 aliphatic heterocycles. The summed E-state index contributed by atoms with van der Waals surface area (Å²) in [5.74, 6) is -1.59. The number of phosphoric acid groups is 1. The third-order valence-electron chi connectivity index (χ3n) is 12.3. The van der Waals surface area contributed by atoms with Gasteiger partial charge in [0.2, 0.25) is 0 Å². The van der Waals surface area contributed by atoms with E-state index in [0.29, 0.717) is 25.7 Å². The van der Waals surface area contributed by atoms with E-state index in [1.165, 1.54) is 83.5 Å². The molecule has 0 saturated carbocycles. The smallest absolute Gasteiger partial charge is 0.462 e. The van der Waals surface area contributed by atoms with Crippen LogP contribution in [0.1, 0.15) is 239 Å². The van der Waals surface area contributed by atoms with Crippen LogP contribution in [0.15, 0.2) is 122 Å². The molecule has 0 heterocycles. The van der Waals surface area contributed by atoms with E-state index in [0.717, 1.165) is 89.9 Å². The molecule has 3 atom stereocenters. The van der Waals surface area contributed by atoms with Crippen molar-refractivity contribution in [2.24, 2.45) is 0 Å². The van der Waals surface area contributed by atoms with Crippen LogP contribution in [-0.2, 0) is 42.2 Å². The highest BCUT2D eigenvalue weighted by Gasteiger charge is 2.28. The molecule has 78 heavy (non-hydrogen) atoms. The molecule has 0 amide bonds. The Morgan fingerprint density at radius 2 is 0.679 bits per heavy atom. The number of ether oxygens (including phenoxy) is 3. The van der Waals surface area contributed by atoms with Gasteiger partial charge in [0.05, 0.1) is 19.8 Å². The third kappa shape index (κ3) is 56.6. The number of rotatable bonds is 55. The second-order valence-electron chi connectivity index (χ2n) is 19.7. The van der Waals surface area contributed by atoms with Crippen LogP contribution in [-0.4, -0.2) is 66.5 Å². The highest BCUT2D eigenvalue weighted by atomic mass is 31.2. The molecular formula is C66H109O11P. The van der Waals surface area contributed by atoms with Gasteiger partial charge >= 0.3 is 25.7 Å². The van der Waals surface area contributed by atoms with Crippen LogP contribution in [0.2, 0.25) is 0 Å². The topological polar surface area (TPSA) is 155 Å². The fourth-order valence-corrected chi connectivity index (χ4v) is 8.57. The second kappa shape index (κ2) is 59.0. The summed E-state index contributed by atoms with van der Waals surface area (Å²) in [5, 5.41) is 9.82. The molecule has 444 valence electrons. The number of unbranched alkanes of at least 4 members (excludes halogenated alkanes) is 18. The number of aliphatic hydroxyl groups excluding tert-OH is 1. The van der Waals surface area contributed by atoms with Crippen LogP contribution in [0.25, 0.3) is 0 Å². The summed E-state index contributed by atoms with van der Waals surface area (Å²) in [7, 11) is -4.79. The SMILES string of the molecule is CC/C=C\C/C=C\C/C=C\C/C=C\C/C=C\CCCC(=O)OC(COC(=O)CCCCCCCCCCC/C=C\CCCCCCCC)COP(=O)(O)OCC(CO)OC(=O)CCCC/C=C\C/C=C\C/C=C\C/C=C\CC. The van der Waals surface area contributed by atoms with E-state index in [-0.39, 0.29) is 25.9 Å². The number of hydrogen-bond donors (Lipinski definition) is 2. The summed E-state index contributed by atoms with van der Waals surface area (Å²) in [5.41, 5.74) is 0. The minimum absolute atomic E-state index is 0.0801. The van der Waals surface area contributed by atoms with Crippen molar-refractivity contribution >= 4 is 25.7 Å². The largest absolute Gasteiger partial charge is 0.472 e. The maximum absolute atomic E-state index is 12.9. The molecule has 0 aromatic rings. The number of aliphatic hydroxyl groups is 1. The summed E-state index contributed by atoms with van der Waals surface area (Å²) < 4.78 is 39.5. The quantitative estimate of drug-likeness (QED) is 0.0197. The summed E-state index contributed by atoms with van der Waals surface area (Å²) in [6.45, 7) is 4.30. The van der Waals surface area contributed by atoms with E-state index in [9.17, 15) is 28.9 Å². The first-order valence-electron chi connectivity index (χ1n) is 30.4. The van der Waals surface area contributed by atoms with Crippen molar-refractivity contribution in [1.29, 1.82) is 0 Å². The van der Waals surface area contributed by atoms with Crippen molar-refractivity contribution in [3.05, 3.63) is 122 Å². The zero-order valence-electron chi connectivity index (χ0n) is 49.1. The zero-order valence-corrected chi connectivity index (χ0v) is 50.0. The van der Waals surface area contributed by atoms with Crippen LogP contribution in [0.4, 0.5) is 0 Å². The first kappa shape index (κ1) is 73.9. The fraction of sp³-hybridized carbons (Fsp3) is 0.652. The van der Waals surface area contributed by atoms with Crippen molar-refractivity contribution in [1.82, 2.24) is 0 Å². The van der Waals surface area contributed by atoms with Crippen molar-refractivity contribution in [3.8, 4) is 0 Å². The summed E-state index contributed by atoms with van der Waals surface area (Å²) >= 11 is 0. The molecule has 0 aromatic carbocycles. The molecule has 0 aliphatic carbocycles. The number of hydrogen-bond acceptors (Lipinski definition) is 10. The average molecular weight is 1110 g/mol. The van der Waals surface area contributed by atoms with Gasteiger partial charge in [-0.05, 0) is 122 Å². The average Bonchev–Trinajstić information content (AvgIpc) is 3.43. The normalized spacial score (nSPS) is 14.2. The third-order valence-corrected chi connectivity index (χ3v) is 13.3. The fourth-order valence-electron chi connectivity index (χ4n) is 7.79. The molecule has 0 radical (unpaired) electrons. The van der Waals surface area contributed by atoms with E-state index >= 15 is 0 Å². The van der Waals surface area contributed by atoms with E-state index in [1.807, 2.05) is 12.2 Å². The summed E-state index contributed by atoms with van der Waals surface area (Å²) in [4.78, 5) is 48.6. The lowest BCUT2D eigenvalue weighted by Gasteiger charge is -2.21. The van der Waals surface area contributed by atoms with Gasteiger partial charge in [-0.2, -0.15) is 0 Å². The van der Waals surface area contributed by atoms with Gasteiger partial charge < -0.3 is 24.2 Å². The molecule has 0 bridgehead atoms. The summed E-state index contributed by atoms with van der Waals surface area (Å²) in [6.07, 6.45) is 73.1. The minimum atomic E-state index is -4.79. The Labute approximate surface area is 475 Å². The van der Waals surface area contributed by atoms with Crippen molar-refractivity contribution in [2.45, 2.75) is 251 Å². The Morgan fingerprint density at radius 1 is 0.372 bits per heavy atom. The van der Waals surface area contributed by atoms with Crippen LogP contribution < -0.4 is 0 Å². The van der Waals surface area contributed by atoms with E-state index in [1.54, 1.807) is 0 Å². The Kier molecular flexibility index (Phi) is 55.9. The number of carbonyl (C=O) groups is 3. The monoisotopic (exact) mass is 1110 g/mol. The molecule has 0 saturated heterocycles. The molecule has 11 nitrogen and oxygen atoms in total. The lowest BCUT2D eigenvalue weighted by molar-refractivity contribution is -0.161. The number of carbonyl (C=O) groups excluding carboxylic acids is 3. The van der Waals surface area contributed by atoms with Gasteiger partial charge in [0, 0.05) is 19.3 Å². The Bertz CT molecular complexity index is 1770. The van der Waals surface area contributed by atoms with Gasteiger partial charge in [-0.1, -0.05) is 219 Å². The van der Waals surface area contributed by atoms with E-state index in [4.69, 9.17) is 23.3 Å². The second-order valence-corrected chi connectivity index (χ2v) is 21.2. The maximum Gasteiger partial charge on any atom is 0.472 e. The Morgan fingerprint density at radius 3 is 1.12 bits per heavy atom. The lowest BCUT2D eigenvalue weighted by Crippen LogP contribution is -2.30. The molecule has 2 N–H and O–H groups in total. The van der Waals surface area contributed by atoms with E-state index in [2.05, 4.69) is 130 Å². The summed E-state index contributed by atoms with van der Waals surface area (Å²) in [6, 6.07) is 0. The number of esters is 3. The molecule has 0 aliphatic rings. The number of phosphoric ester groups is 1. The van der Waals surface area contributed by atoms with Gasteiger partial charge in [0.1, 0.15) is 12.7 Å². The molecule has 0 aromatic heterocycles. The van der Waals surface area contributed by atoms with Gasteiger partial charge in [-0.15, -0.1) is 0 Å². The van der Waals surface area contributed by atoms with E-state index < -0.39 is 57.8 Å². The predicted octanol–water partition coefficient (Wildman–Crippen LogP) is 18.4. The van der Waals surface area contributed by atoms with Gasteiger partial charge in [0.15, 0.2) is 6.10 Å². The molecule has 0 spiro atoms. The standard InChI is InChI=1S/C66H109O11P/c1-4-7-10-13-16-19-22-25-28-30-31-33-35-37-40-43-46-49-52-55-64(68)73-59-63(77-66(70)57-54-51-48-45-42-39-36-32-29-26-23-20-17-14-11-8-5-2)61-75-78(71,72)74-60-62(58-67)76-65(69)56-53-50-47-44-41-38-34-27-24-21-18-15-12-9-6-3/h8-9,11-12,17-18,20-21,25-29,34,36,39,41,44-45,48,62-63,67H,4-7,10,13-16,19,22-24,30-33,35,37-38,40,42-43,46-47,49-61H2,1-3H3,(H,71,72)/b11-8-,12-9-,20-17-,21-18-,28-25-,29-26-,34-27-,39-36-,44-41-,48-45-. The first-order valence-corrected chi connectivity index (χ1v) is 31.9. The van der Waals surface area contributed by atoms with Crippen LogP contribution >= 0.6 is 7.82 Å². The molecule has 12 heteroatoms. The highest BCUT2D eigenvalue weighted by Crippen LogP contribution is 2.43. The Hall–Kier alpha value is -4.12. The van der Waals surface area contributed by atoms with Crippen molar-refractivity contribution in [3.63, 3.8) is 0 Å². The molecular weight excluding hydrogens is 1000 g/mol.